The molecule has 1 heterocycles. The lowest BCUT2D eigenvalue weighted by Gasteiger charge is -2.15. The van der Waals surface area contributed by atoms with Crippen LogP contribution >= 0.6 is 0 Å². The molecular formula is C19H29N3O. The number of ether oxygens (including phenoxy) is 1. The van der Waals surface area contributed by atoms with Crippen LogP contribution in [0.15, 0.2) is 24.3 Å². The Balaban J connectivity index is 1.66. The third-order valence-corrected chi connectivity index (χ3v) is 4.27. The van der Waals surface area contributed by atoms with Gasteiger partial charge in [0.15, 0.2) is 0 Å². The zero-order valence-corrected chi connectivity index (χ0v) is 14.3. The normalized spacial score (nSPS) is 18.0. The van der Waals surface area contributed by atoms with Gasteiger partial charge in [0, 0.05) is 19.5 Å². The SMILES string of the molecule is CCCN1CCC(CNCc2cccc(OCCCC#N)c2)C1. The van der Waals surface area contributed by atoms with Gasteiger partial charge in [-0.05, 0) is 62.5 Å². The number of likely N-dealkylation sites (tertiary alicyclic amines) is 1. The maximum Gasteiger partial charge on any atom is 0.119 e. The molecule has 23 heavy (non-hydrogen) atoms. The van der Waals surface area contributed by atoms with Crippen LogP contribution in [0.2, 0.25) is 0 Å². The molecule has 0 aromatic heterocycles. The van der Waals surface area contributed by atoms with Gasteiger partial charge < -0.3 is 15.0 Å². The molecule has 1 aromatic carbocycles. The van der Waals surface area contributed by atoms with Gasteiger partial charge in [-0.3, -0.25) is 0 Å². The number of unbranched alkanes of at least 4 members (excludes halogenated alkanes) is 1. The van der Waals surface area contributed by atoms with Gasteiger partial charge in [-0.2, -0.15) is 5.26 Å². The number of rotatable bonds is 10. The van der Waals surface area contributed by atoms with Gasteiger partial charge in [-0.15, -0.1) is 0 Å². The minimum absolute atomic E-state index is 0.553. The molecule has 1 aliphatic heterocycles. The summed E-state index contributed by atoms with van der Waals surface area (Å²) in [5.41, 5.74) is 1.26. The molecule has 0 spiro atoms. The van der Waals surface area contributed by atoms with E-state index in [9.17, 15) is 0 Å². The zero-order chi connectivity index (χ0) is 16.3. The predicted molar refractivity (Wildman–Crippen MR) is 93.3 cm³/mol. The third-order valence-electron chi connectivity index (χ3n) is 4.27. The molecule has 0 radical (unpaired) electrons. The molecule has 1 aromatic rings. The third kappa shape index (κ3) is 6.60. The molecule has 1 saturated heterocycles. The Morgan fingerprint density at radius 3 is 3.17 bits per heavy atom. The van der Waals surface area contributed by atoms with E-state index in [1.807, 2.05) is 12.1 Å². The summed E-state index contributed by atoms with van der Waals surface area (Å²) >= 11 is 0. The van der Waals surface area contributed by atoms with Crippen molar-refractivity contribution in [2.45, 2.75) is 39.2 Å². The molecular weight excluding hydrogens is 286 g/mol. The van der Waals surface area contributed by atoms with Crippen molar-refractivity contribution in [3.63, 3.8) is 0 Å². The standard InChI is InChI=1S/C19H29N3O/c1-2-10-22-11-8-18(16-22)15-21-14-17-6-5-7-19(13-17)23-12-4-3-9-20/h5-7,13,18,21H,2-4,8,10-12,14-16H2,1H3. The fourth-order valence-corrected chi connectivity index (χ4v) is 3.11. The molecule has 1 atom stereocenters. The number of hydrogen-bond donors (Lipinski definition) is 1. The van der Waals surface area contributed by atoms with Crippen molar-refractivity contribution in [1.29, 1.82) is 5.26 Å². The summed E-state index contributed by atoms with van der Waals surface area (Å²) < 4.78 is 5.68. The van der Waals surface area contributed by atoms with Gasteiger partial charge in [0.2, 0.25) is 0 Å². The number of nitrogens with one attached hydrogen (secondary N) is 1. The number of nitriles is 1. The summed E-state index contributed by atoms with van der Waals surface area (Å²) in [4.78, 5) is 2.57. The minimum Gasteiger partial charge on any atom is -0.494 e. The van der Waals surface area contributed by atoms with Crippen LogP contribution < -0.4 is 10.1 Å². The summed E-state index contributed by atoms with van der Waals surface area (Å²) in [7, 11) is 0. The molecule has 0 aliphatic carbocycles. The van der Waals surface area contributed by atoms with E-state index < -0.39 is 0 Å². The van der Waals surface area contributed by atoms with Crippen molar-refractivity contribution in [1.82, 2.24) is 10.2 Å². The Morgan fingerprint density at radius 2 is 2.35 bits per heavy atom. The zero-order valence-electron chi connectivity index (χ0n) is 14.3. The second-order valence-corrected chi connectivity index (χ2v) is 6.34. The minimum atomic E-state index is 0.553. The first-order valence-electron chi connectivity index (χ1n) is 8.83. The Labute approximate surface area is 140 Å². The summed E-state index contributed by atoms with van der Waals surface area (Å²) in [6, 6.07) is 10.4. The highest BCUT2D eigenvalue weighted by molar-refractivity contribution is 5.28. The number of hydrogen-bond acceptors (Lipinski definition) is 4. The van der Waals surface area contributed by atoms with E-state index in [4.69, 9.17) is 10.00 Å². The van der Waals surface area contributed by atoms with Gasteiger partial charge in [0.25, 0.3) is 0 Å². The largest absolute Gasteiger partial charge is 0.494 e. The highest BCUT2D eigenvalue weighted by Gasteiger charge is 2.20. The highest BCUT2D eigenvalue weighted by atomic mass is 16.5. The fraction of sp³-hybridized carbons (Fsp3) is 0.632. The van der Waals surface area contributed by atoms with E-state index in [0.717, 1.165) is 31.2 Å². The van der Waals surface area contributed by atoms with E-state index >= 15 is 0 Å². The van der Waals surface area contributed by atoms with E-state index in [2.05, 4.69) is 35.3 Å². The summed E-state index contributed by atoms with van der Waals surface area (Å²) in [6.45, 7) is 8.57. The maximum atomic E-state index is 8.52. The first-order valence-corrected chi connectivity index (χ1v) is 8.83. The first kappa shape index (κ1) is 17.8. The Hall–Kier alpha value is -1.57. The van der Waals surface area contributed by atoms with Crippen LogP contribution in [0, 0.1) is 17.2 Å². The van der Waals surface area contributed by atoms with E-state index in [-0.39, 0.29) is 0 Å². The molecule has 1 fully saturated rings. The van der Waals surface area contributed by atoms with Crippen LogP contribution in [0.25, 0.3) is 0 Å². The average molecular weight is 315 g/mol. The molecule has 1 aliphatic rings. The molecule has 4 nitrogen and oxygen atoms in total. The fourth-order valence-electron chi connectivity index (χ4n) is 3.11. The van der Waals surface area contributed by atoms with Crippen LogP contribution in [0.5, 0.6) is 5.75 Å². The number of benzene rings is 1. The highest BCUT2D eigenvalue weighted by Crippen LogP contribution is 2.16. The molecule has 0 saturated carbocycles. The van der Waals surface area contributed by atoms with Crippen molar-refractivity contribution in [3.8, 4) is 11.8 Å². The topological polar surface area (TPSA) is 48.3 Å². The van der Waals surface area contributed by atoms with Crippen LogP contribution in [-0.4, -0.2) is 37.7 Å². The predicted octanol–water partition coefficient (Wildman–Crippen LogP) is 3.19. The maximum absolute atomic E-state index is 8.52. The average Bonchev–Trinajstić information content (AvgIpc) is 3.00. The van der Waals surface area contributed by atoms with Crippen LogP contribution in [0.1, 0.15) is 38.2 Å². The van der Waals surface area contributed by atoms with E-state index in [0.29, 0.717) is 13.0 Å². The lowest BCUT2D eigenvalue weighted by atomic mass is 10.1. The van der Waals surface area contributed by atoms with Crippen molar-refractivity contribution in [3.05, 3.63) is 29.8 Å². The Morgan fingerprint density at radius 1 is 1.43 bits per heavy atom. The molecule has 0 amide bonds. The smallest absolute Gasteiger partial charge is 0.119 e. The molecule has 0 bridgehead atoms. The summed E-state index contributed by atoms with van der Waals surface area (Å²) in [5.74, 6) is 1.68. The van der Waals surface area contributed by atoms with Crippen molar-refractivity contribution in [2.75, 3.05) is 32.8 Å². The van der Waals surface area contributed by atoms with Crippen molar-refractivity contribution >= 4 is 0 Å². The van der Waals surface area contributed by atoms with Gasteiger partial charge >= 0.3 is 0 Å². The summed E-state index contributed by atoms with van der Waals surface area (Å²) in [5, 5.41) is 12.1. The second kappa shape index (κ2) is 10.3. The first-order chi connectivity index (χ1) is 11.3. The lowest BCUT2D eigenvalue weighted by molar-refractivity contribution is 0.312. The van der Waals surface area contributed by atoms with E-state index in [1.165, 1.54) is 38.0 Å². The van der Waals surface area contributed by atoms with Crippen molar-refractivity contribution < 1.29 is 4.74 Å². The van der Waals surface area contributed by atoms with Gasteiger partial charge in [-0.25, -0.2) is 0 Å². The molecule has 2 rings (SSSR count). The van der Waals surface area contributed by atoms with Crippen LogP contribution in [-0.2, 0) is 6.54 Å². The molecule has 126 valence electrons. The van der Waals surface area contributed by atoms with E-state index in [1.54, 1.807) is 0 Å². The molecule has 1 N–H and O–H groups in total. The van der Waals surface area contributed by atoms with Crippen molar-refractivity contribution in [2.24, 2.45) is 5.92 Å². The van der Waals surface area contributed by atoms with Gasteiger partial charge in [-0.1, -0.05) is 19.1 Å². The second-order valence-electron chi connectivity index (χ2n) is 6.34. The Bertz CT molecular complexity index is 498. The van der Waals surface area contributed by atoms with Crippen LogP contribution in [0.4, 0.5) is 0 Å². The molecule has 1 unspecified atom stereocenters. The van der Waals surface area contributed by atoms with Crippen LogP contribution in [0.3, 0.4) is 0 Å². The summed E-state index contributed by atoms with van der Waals surface area (Å²) in [6.07, 6.45) is 3.91. The van der Waals surface area contributed by atoms with Gasteiger partial charge in [0.05, 0.1) is 12.7 Å². The quantitative estimate of drug-likeness (QED) is 0.674. The number of nitrogens with zero attached hydrogens (tertiary/aromatic N) is 2. The Kier molecular flexibility index (Phi) is 7.92. The van der Waals surface area contributed by atoms with Gasteiger partial charge in [0.1, 0.15) is 5.75 Å². The molecule has 4 heteroatoms. The lowest BCUT2D eigenvalue weighted by Crippen LogP contribution is -2.26. The monoisotopic (exact) mass is 315 g/mol.